The number of aromatic nitrogens is 3. The highest BCUT2D eigenvalue weighted by atomic mass is 32.1. The molecule has 0 aliphatic heterocycles. The van der Waals surface area contributed by atoms with Crippen LogP contribution in [-0.2, 0) is 0 Å². The summed E-state index contributed by atoms with van der Waals surface area (Å²) >= 11 is 1.74. The largest absolute Gasteiger partial charge is 0.309 e. The maximum absolute atomic E-state index is 4.90. The number of fused-ring (bicyclic) bond motifs is 7. The first kappa shape index (κ1) is 26.3. The van der Waals surface area contributed by atoms with E-state index in [2.05, 4.69) is 167 Å². The van der Waals surface area contributed by atoms with E-state index in [1.807, 2.05) is 6.07 Å². The smallest absolute Gasteiger partial charge is 0.124 e. The molecule has 0 amide bonds. The monoisotopic (exact) mass is 617 g/mol. The quantitative estimate of drug-likeness (QED) is 0.193. The standard InChI is InChI=1S/C43H27N3S/c1-2-10-28(11-3-1)29-18-22-31(23-19-29)45-38-15-7-4-12-33(38)35-27-41-36(26-40(35)45)34-13-5-8-16-39(34)46(41)32-24-20-30(21-25-32)43-44-37-14-6-9-17-42(37)47-43/h1-27H. The van der Waals surface area contributed by atoms with Crippen LogP contribution >= 0.6 is 11.3 Å². The summed E-state index contributed by atoms with van der Waals surface area (Å²) in [6.45, 7) is 0. The Bertz CT molecular complexity index is 2730. The molecule has 3 aromatic heterocycles. The van der Waals surface area contributed by atoms with Crippen molar-refractivity contribution in [1.29, 1.82) is 0 Å². The highest BCUT2D eigenvalue weighted by Gasteiger charge is 2.18. The lowest BCUT2D eigenvalue weighted by atomic mass is 10.1. The maximum Gasteiger partial charge on any atom is 0.124 e. The van der Waals surface area contributed by atoms with E-state index in [9.17, 15) is 0 Å². The highest BCUT2D eigenvalue weighted by molar-refractivity contribution is 7.21. The summed E-state index contributed by atoms with van der Waals surface area (Å²) in [6, 6.07) is 59.0. The third kappa shape index (κ3) is 4.09. The predicted octanol–water partition coefficient (Wildman–Crippen LogP) is 11.8. The van der Waals surface area contributed by atoms with Crippen molar-refractivity contribution in [3.63, 3.8) is 0 Å². The zero-order valence-corrected chi connectivity index (χ0v) is 26.2. The van der Waals surface area contributed by atoms with E-state index in [-0.39, 0.29) is 0 Å². The Labute approximate surface area is 275 Å². The molecule has 0 N–H and O–H groups in total. The van der Waals surface area contributed by atoms with Crippen LogP contribution in [0.1, 0.15) is 0 Å². The zero-order valence-electron chi connectivity index (χ0n) is 25.3. The highest BCUT2D eigenvalue weighted by Crippen LogP contribution is 2.40. The molecule has 10 aromatic rings. The first-order chi connectivity index (χ1) is 23.3. The van der Waals surface area contributed by atoms with Crippen LogP contribution < -0.4 is 0 Å². The van der Waals surface area contributed by atoms with Crippen LogP contribution in [0.5, 0.6) is 0 Å². The van der Waals surface area contributed by atoms with Crippen LogP contribution in [0.2, 0.25) is 0 Å². The number of hydrogen-bond donors (Lipinski definition) is 0. The van der Waals surface area contributed by atoms with E-state index in [0.717, 1.165) is 27.5 Å². The van der Waals surface area contributed by atoms with E-state index >= 15 is 0 Å². The molecule has 0 atom stereocenters. The minimum atomic E-state index is 1.05. The molecule has 0 bridgehead atoms. The number of para-hydroxylation sites is 3. The number of nitrogens with zero attached hydrogens (tertiary/aromatic N) is 3. The summed E-state index contributed by atoms with van der Waals surface area (Å²) in [6.07, 6.45) is 0. The van der Waals surface area contributed by atoms with Gasteiger partial charge in [-0.25, -0.2) is 4.98 Å². The van der Waals surface area contributed by atoms with Gasteiger partial charge in [-0.1, -0.05) is 91.0 Å². The Morgan fingerprint density at radius 1 is 0.383 bits per heavy atom. The molecular weight excluding hydrogens is 591 g/mol. The zero-order chi connectivity index (χ0) is 30.9. The van der Waals surface area contributed by atoms with Crippen molar-refractivity contribution in [1.82, 2.24) is 14.1 Å². The summed E-state index contributed by atoms with van der Waals surface area (Å²) in [5.74, 6) is 0. The molecule has 0 aliphatic carbocycles. The van der Waals surface area contributed by atoms with Crippen molar-refractivity contribution in [2.75, 3.05) is 0 Å². The van der Waals surface area contributed by atoms with Gasteiger partial charge in [0.2, 0.25) is 0 Å². The summed E-state index contributed by atoms with van der Waals surface area (Å²) in [5.41, 5.74) is 11.7. The summed E-state index contributed by atoms with van der Waals surface area (Å²) < 4.78 is 6.04. The molecule has 0 saturated heterocycles. The number of hydrogen-bond acceptors (Lipinski definition) is 2. The molecular formula is C43H27N3S. The third-order valence-electron chi connectivity index (χ3n) is 9.37. The second-order valence-corrected chi connectivity index (χ2v) is 13.1. The van der Waals surface area contributed by atoms with Crippen molar-refractivity contribution >= 4 is 65.2 Å². The Morgan fingerprint density at radius 3 is 1.47 bits per heavy atom. The normalized spacial score (nSPS) is 11.8. The number of rotatable bonds is 4. The van der Waals surface area contributed by atoms with Gasteiger partial charge in [0.1, 0.15) is 5.01 Å². The molecule has 0 aliphatic rings. The Kier molecular flexibility index (Phi) is 5.74. The van der Waals surface area contributed by atoms with E-state index in [1.54, 1.807) is 11.3 Å². The minimum absolute atomic E-state index is 1.05. The van der Waals surface area contributed by atoms with Gasteiger partial charge in [-0.2, -0.15) is 0 Å². The van der Waals surface area contributed by atoms with Gasteiger partial charge in [0, 0.05) is 38.5 Å². The minimum Gasteiger partial charge on any atom is -0.309 e. The van der Waals surface area contributed by atoms with Crippen molar-refractivity contribution in [3.8, 4) is 33.1 Å². The molecule has 0 fully saturated rings. The van der Waals surface area contributed by atoms with Crippen LogP contribution in [0.15, 0.2) is 164 Å². The summed E-state index contributed by atoms with van der Waals surface area (Å²) in [4.78, 5) is 4.90. The summed E-state index contributed by atoms with van der Waals surface area (Å²) in [7, 11) is 0. The lowest BCUT2D eigenvalue weighted by molar-refractivity contribution is 1.17. The van der Waals surface area contributed by atoms with Gasteiger partial charge in [0.05, 0.1) is 32.3 Å². The maximum atomic E-state index is 4.90. The Morgan fingerprint density at radius 2 is 0.872 bits per heavy atom. The number of benzene rings is 7. The lowest BCUT2D eigenvalue weighted by Gasteiger charge is -2.10. The molecule has 4 heteroatoms. The van der Waals surface area contributed by atoms with Crippen LogP contribution in [0, 0.1) is 0 Å². The first-order valence-corrected chi connectivity index (χ1v) is 16.7. The van der Waals surface area contributed by atoms with Gasteiger partial charge in [-0.05, 0) is 83.9 Å². The van der Waals surface area contributed by atoms with E-state index in [0.29, 0.717) is 0 Å². The van der Waals surface area contributed by atoms with E-state index in [4.69, 9.17) is 4.98 Å². The second-order valence-electron chi connectivity index (χ2n) is 12.0. The van der Waals surface area contributed by atoms with Crippen molar-refractivity contribution in [3.05, 3.63) is 164 Å². The van der Waals surface area contributed by atoms with Crippen LogP contribution in [-0.4, -0.2) is 14.1 Å². The van der Waals surface area contributed by atoms with Crippen molar-refractivity contribution in [2.45, 2.75) is 0 Å². The second kappa shape index (κ2) is 10.3. The fourth-order valence-electron chi connectivity index (χ4n) is 7.17. The SMILES string of the molecule is c1ccc(-c2ccc(-n3c4ccccc4c4cc5c(cc43)c3ccccc3n5-c3ccc(-c4nc5ccccc5s4)cc3)cc2)cc1. The average Bonchev–Trinajstić information content (AvgIpc) is 3.81. The third-order valence-corrected chi connectivity index (χ3v) is 10.5. The molecule has 0 radical (unpaired) electrons. The van der Waals surface area contributed by atoms with Gasteiger partial charge in [-0.3, -0.25) is 0 Å². The molecule has 220 valence electrons. The number of thiazole rings is 1. The molecule has 0 unspecified atom stereocenters. The van der Waals surface area contributed by atoms with Gasteiger partial charge < -0.3 is 9.13 Å². The van der Waals surface area contributed by atoms with Gasteiger partial charge in [-0.15, -0.1) is 11.3 Å². The van der Waals surface area contributed by atoms with Crippen LogP contribution in [0.3, 0.4) is 0 Å². The molecule has 3 heterocycles. The Balaban J connectivity index is 1.17. The lowest BCUT2D eigenvalue weighted by Crippen LogP contribution is -1.95. The molecule has 10 rings (SSSR count). The fourth-order valence-corrected chi connectivity index (χ4v) is 8.14. The van der Waals surface area contributed by atoms with Crippen LogP contribution in [0.25, 0.3) is 86.9 Å². The average molecular weight is 618 g/mol. The van der Waals surface area contributed by atoms with Gasteiger partial charge in [0.15, 0.2) is 0 Å². The van der Waals surface area contributed by atoms with Gasteiger partial charge in [0.25, 0.3) is 0 Å². The summed E-state index contributed by atoms with van der Waals surface area (Å²) in [5, 5.41) is 6.03. The van der Waals surface area contributed by atoms with E-state index in [1.165, 1.54) is 59.4 Å². The molecule has 7 aromatic carbocycles. The fraction of sp³-hybridized carbons (Fsp3) is 0. The Hall–Kier alpha value is -5.97. The van der Waals surface area contributed by atoms with E-state index < -0.39 is 0 Å². The van der Waals surface area contributed by atoms with Crippen molar-refractivity contribution in [2.24, 2.45) is 0 Å². The predicted molar refractivity (Wildman–Crippen MR) is 199 cm³/mol. The molecule has 0 saturated carbocycles. The van der Waals surface area contributed by atoms with Crippen LogP contribution in [0.4, 0.5) is 0 Å². The molecule has 0 spiro atoms. The molecule has 47 heavy (non-hydrogen) atoms. The first-order valence-electron chi connectivity index (χ1n) is 15.9. The topological polar surface area (TPSA) is 22.8 Å². The molecule has 3 nitrogen and oxygen atoms in total. The van der Waals surface area contributed by atoms with Crippen molar-refractivity contribution < 1.29 is 0 Å². The van der Waals surface area contributed by atoms with Gasteiger partial charge >= 0.3 is 0 Å².